The molecule has 2 amide bonds. The number of aliphatic carboxylic acids is 1. The zero-order valence-electron chi connectivity index (χ0n) is 21.2. The highest BCUT2D eigenvalue weighted by molar-refractivity contribution is 7.91. The molecular weight excluding hydrogens is 516 g/mol. The molecule has 3 aromatic rings. The second-order valence-electron chi connectivity index (χ2n) is 9.53. The molecule has 9 nitrogen and oxygen atoms in total. The molecule has 0 aliphatic heterocycles. The summed E-state index contributed by atoms with van der Waals surface area (Å²) in [4.78, 5) is 23.5. The fourth-order valence-corrected chi connectivity index (χ4v) is 5.69. The highest BCUT2D eigenvalue weighted by Crippen LogP contribution is 2.26. The molecule has 0 heterocycles. The first-order valence-corrected chi connectivity index (χ1v) is 14.2. The SMILES string of the molecule is N#Cc1ccc(C(CC(=O)O)CS(=O)(=O)c2ccc(CCc3cccc(NC(=O)/N=N/C4CC4)c3)cc2)cc1. The fourth-order valence-electron chi connectivity index (χ4n) is 4.10. The molecule has 1 atom stereocenters. The van der Waals surface area contributed by atoms with Crippen LogP contribution in [0.5, 0.6) is 0 Å². The number of azo groups is 1. The second kappa shape index (κ2) is 12.5. The minimum Gasteiger partial charge on any atom is -0.481 e. The Morgan fingerprint density at radius 3 is 2.33 bits per heavy atom. The second-order valence-corrected chi connectivity index (χ2v) is 11.6. The Morgan fingerprint density at radius 2 is 1.69 bits per heavy atom. The standard InChI is InChI=1S/C29H28N4O5S/c30-18-22-6-10-23(11-7-22)24(17-28(34)35)19-39(37,38)27-14-8-20(9-15-27)4-5-21-2-1-3-26(16-21)31-29(36)33-32-25-12-13-25/h1-3,6-11,14-16,24-25H,4-5,12-13,17,19H2,(H,31,36)(H,34,35)/b33-32+. The van der Waals surface area contributed by atoms with Crippen LogP contribution in [-0.4, -0.2) is 37.3 Å². The van der Waals surface area contributed by atoms with Crippen LogP contribution in [0.1, 0.15) is 47.4 Å². The summed E-state index contributed by atoms with van der Waals surface area (Å²) in [5, 5.41) is 28.6. The summed E-state index contributed by atoms with van der Waals surface area (Å²) in [6.07, 6.45) is 2.95. The van der Waals surface area contributed by atoms with E-state index in [1.807, 2.05) is 24.3 Å². The number of nitrogens with zero attached hydrogens (tertiary/aromatic N) is 3. The lowest BCUT2D eigenvalue weighted by atomic mass is 9.97. The van der Waals surface area contributed by atoms with Gasteiger partial charge >= 0.3 is 12.0 Å². The van der Waals surface area contributed by atoms with Crippen LogP contribution in [0.2, 0.25) is 0 Å². The lowest BCUT2D eigenvalue weighted by molar-refractivity contribution is -0.137. The van der Waals surface area contributed by atoms with E-state index in [0.717, 1.165) is 24.0 Å². The lowest BCUT2D eigenvalue weighted by Crippen LogP contribution is -2.18. The number of carboxylic acid groups (broad SMARTS) is 1. The normalized spacial score (nSPS) is 14.0. The number of hydrogen-bond donors (Lipinski definition) is 2. The summed E-state index contributed by atoms with van der Waals surface area (Å²) in [5.41, 5.74) is 3.55. The summed E-state index contributed by atoms with van der Waals surface area (Å²) in [6, 6.07) is 22.0. The molecule has 10 heteroatoms. The maximum atomic E-state index is 13.1. The Labute approximate surface area is 227 Å². The fraction of sp³-hybridized carbons (Fsp3) is 0.276. The molecule has 39 heavy (non-hydrogen) atoms. The van der Waals surface area contributed by atoms with E-state index in [9.17, 15) is 23.1 Å². The van der Waals surface area contributed by atoms with Crippen LogP contribution in [0.4, 0.5) is 10.5 Å². The van der Waals surface area contributed by atoms with Gasteiger partial charge in [-0.2, -0.15) is 10.4 Å². The maximum absolute atomic E-state index is 13.1. The van der Waals surface area contributed by atoms with Gasteiger partial charge in [-0.05, 0) is 78.8 Å². The topological polar surface area (TPSA) is 149 Å². The number of carbonyl (C=O) groups is 2. The van der Waals surface area contributed by atoms with Gasteiger partial charge in [0, 0.05) is 11.6 Å². The van der Waals surface area contributed by atoms with E-state index >= 15 is 0 Å². The maximum Gasteiger partial charge on any atom is 0.363 e. The third-order valence-electron chi connectivity index (χ3n) is 6.37. The van der Waals surface area contributed by atoms with Crippen LogP contribution in [0.15, 0.2) is 87.9 Å². The van der Waals surface area contributed by atoms with Crippen molar-refractivity contribution in [3.8, 4) is 6.07 Å². The zero-order chi connectivity index (χ0) is 27.8. The number of hydrogen-bond acceptors (Lipinski definition) is 6. The van der Waals surface area contributed by atoms with Gasteiger partial charge < -0.3 is 10.4 Å². The first kappa shape index (κ1) is 27.7. The smallest absolute Gasteiger partial charge is 0.363 e. The molecule has 1 unspecified atom stereocenters. The average molecular weight is 545 g/mol. The molecule has 3 aromatic carbocycles. The van der Waals surface area contributed by atoms with Gasteiger partial charge in [-0.1, -0.05) is 41.5 Å². The number of anilines is 1. The highest BCUT2D eigenvalue weighted by Gasteiger charge is 2.25. The molecule has 4 rings (SSSR count). The number of urea groups is 1. The van der Waals surface area contributed by atoms with E-state index in [0.29, 0.717) is 29.7 Å². The average Bonchev–Trinajstić information content (AvgIpc) is 3.75. The molecule has 1 saturated carbocycles. The predicted octanol–water partition coefficient (Wildman–Crippen LogP) is 5.52. The quantitative estimate of drug-likeness (QED) is 0.304. The number of nitrogens with one attached hydrogen (secondary N) is 1. The van der Waals surface area contributed by atoms with Crippen molar-refractivity contribution in [3.63, 3.8) is 0 Å². The molecule has 1 aliphatic carbocycles. The van der Waals surface area contributed by atoms with Crippen molar-refractivity contribution in [1.29, 1.82) is 5.26 Å². The number of aryl methyl sites for hydroxylation is 2. The molecule has 0 aromatic heterocycles. The first-order chi connectivity index (χ1) is 18.7. The van der Waals surface area contributed by atoms with Crippen molar-refractivity contribution in [2.75, 3.05) is 11.1 Å². The first-order valence-electron chi connectivity index (χ1n) is 12.6. The summed E-state index contributed by atoms with van der Waals surface area (Å²) in [7, 11) is -3.76. The van der Waals surface area contributed by atoms with E-state index in [2.05, 4.69) is 15.5 Å². The third-order valence-corrected chi connectivity index (χ3v) is 8.21. The summed E-state index contributed by atoms with van der Waals surface area (Å²) < 4.78 is 26.3. The Morgan fingerprint density at radius 1 is 1.00 bits per heavy atom. The Kier molecular flexibility index (Phi) is 8.84. The molecule has 0 spiro atoms. The summed E-state index contributed by atoms with van der Waals surface area (Å²) >= 11 is 0. The van der Waals surface area contributed by atoms with E-state index < -0.39 is 27.8 Å². The Hall–Kier alpha value is -4.36. The van der Waals surface area contributed by atoms with Gasteiger partial charge in [0.1, 0.15) is 0 Å². The van der Waals surface area contributed by atoms with Gasteiger partial charge in [-0.3, -0.25) is 4.79 Å². The van der Waals surface area contributed by atoms with Gasteiger partial charge in [0.2, 0.25) is 0 Å². The van der Waals surface area contributed by atoms with E-state index in [-0.39, 0.29) is 23.1 Å². The van der Waals surface area contributed by atoms with E-state index in [1.54, 1.807) is 54.6 Å². The van der Waals surface area contributed by atoms with Crippen LogP contribution in [-0.2, 0) is 27.5 Å². The molecule has 1 fully saturated rings. The van der Waals surface area contributed by atoms with Crippen LogP contribution in [0.25, 0.3) is 0 Å². The monoisotopic (exact) mass is 544 g/mol. The van der Waals surface area contributed by atoms with Crippen LogP contribution in [0.3, 0.4) is 0 Å². The lowest BCUT2D eigenvalue weighted by Gasteiger charge is -2.16. The number of carbonyl (C=O) groups excluding carboxylic acids is 1. The molecule has 0 saturated heterocycles. The molecule has 200 valence electrons. The summed E-state index contributed by atoms with van der Waals surface area (Å²) in [5.74, 6) is -2.20. The third kappa shape index (κ3) is 8.32. The van der Waals surface area contributed by atoms with Crippen LogP contribution < -0.4 is 5.32 Å². The van der Waals surface area contributed by atoms with Crippen LogP contribution in [0, 0.1) is 11.3 Å². The molecule has 2 N–H and O–H groups in total. The van der Waals surface area contributed by atoms with Crippen molar-refractivity contribution in [1.82, 2.24) is 0 Å². The highest BCUT2D eigenvalue weighted by atomic mass is 32.2. The van der Waals surface area contributed by atoms with Gasteiger partial charge in [0.15, 0.2) is 9.84 Å². The number of benzene rings is 3. The van der Waals surface area contributed by atoms with Crippen molar-refractivity contribution in [3.05, 3.63) is 95.1 Å². The van der Waals surface area contributed by atoms with Crippen molar-refractivity contribution >= 4 is 27.5 Å². The minimum absolute atomic E-state index is 0.125. The predicted molar refractivity (Wildman–Crippen MR) is 145 cm³/mol. The number of rotatable bonds is 11. The van der Waals surface area contributed by atoms with Gasteiger partial charge in [0.05, 0.1) is 34.7 Å². The molecule has 0 bridgehead atoms. The van der Waals surface area contributed by atoms with Crippen LogP contribution >= 0.6 is 0 Å². The summed E-state index contributed by atoms with van der Waals surface area (Å²) in [6.45, 7) is 0. The number of carboxylic acids is 1. The largest absolute Gasteiger partial charge is 0.481 e. The van der Waals surface area contributed by atoms with Crippen molar-refractivity contribution in [2.45, 2.75) is 49.0 Å². The zero-order valence-corrected chi connectivity index (χ0v) is 22.0. The Balaban J connectivity index is 1.37. The number of sulfone groups is 1. The van der Waals surface area contributed by atoms with Crippen molar-refractivity contribution in [2.24, 2.45) is 10.2 Å². The van der Waals surface area contributed by atoms with Crippen molar-refractivity contribution < 1.29 is 23.1 Å². The number of nitriles is 1. The number of amides is 2. The minimum atomic E-state index is -3.76. The van der Waals surface area contributed by atoms with E-state index in [4.69, 9.17) is 5.26 Å². The van der Waals surface area contributed by atoms with Gasteiger partial charge in [-0.25, -0.2) is 13.2 Å². The van der Waals surface area contributed by atoms with Gasteiger partial charge in [0.25, 0.3) is 0 Å². The molecule has 1 aliphatic rings. The van der Waals surface area contributed by atoms with Gasteiger partial charge in [-0.15, -0.1) is 0 Å². The molecule has 0 radical (unpaired) electrons. The van der Waals surface area contributed by atoms with E-state index in [1.165, 1.54) is 0 Å². The Bertz CT molecular complexity index is 1510. The molecular formula is C29H28N4O5S.